The van der Waals surface area contributed by atoms with Crippen LogP contribution in [0, 0.1) is 5.92 Å². The van der Waals surface area contributed by atoms with Gasteiger partial charge in [0.15, 0.2) is 0 Å². The number of hydrogen-bond donors (Lipinski definition) is 6. The number of hydrazine groups is 2. The second-order valence-corrected chi connectivity index (χ2v) is 13.3. The van der Waals surface area contributed by atoms with Gasteiger partial charge in [-0.3, -0.25) is 40.9 Å². The van der Waals surface area contributed by atoms with Gasteiger partial charge in [-0.25, -0.2) is 0 Å². The standard InChI is InChI=1S/C40H62N4O6/c1-4-7-10-12-15-21-30-25-19-27-33(45)36(30)39(49)43-41-35(47)29-18-17-24-32(23-14-9-6-3)38(48)42-44-40(50)37-31(26-20-28-34(37)46)22-16-13-11-8-5-2/h19-20,25-28,32,45-46H,4-18,21-24,29H2,1-3H3,(H,41,47)(H,42,48)(H,43,49)(H,44,50). The van der Waals surface area contributed by atoms with Gasteiger partial charge < -0.3 is 10.2 Å². The van der Waals surface area contributed by atoms with Crippen molar-refractivity contribution in [1.82, 2.24) is 21.7 Å². The number of hydrogen-bond acceptors (Lipinski definition) is 6. The lowest BCUT2D eigenvalue weighted by atomic mass is 9.94. The molecular formula is C40H62N4O6. The third kappa shape index (κ3) is 15.6. The maximum Gasteiger partial charge on any atom is 0.273 e. The first kappa shape index (κ1) is 42.1. The molecule has 0 aliphatic carbocycles. The molecule has 1 atom stereocenters. The molecule has 0 saturated heterocycles. The Balaban J connectivity index is 1.85. The zero-order valence-corrected chi connectivity index (χ0v) is 30.7. The van der Waals surface area contributed by atoms with Gasteiger partial charge in [-0.2, -0.15) is 0 Å². The van der Waals surface area contributed by atoms with Crippen molar-refractivity contribution in [1.29, 1.82) is 0 Å². The summed E-state index contributed by atoms with van der Waals surface area (Å²) in [6, 6.07) is 10.1. The highest BCUT2D eigenvalue weighted by molar-refractivity contribution is 6.00. The smallest absolute Gasteiger partial charge is 0.273 e. The molecule has 4 amide bonds. The van der Waals surface area contributed by atoms with Gasteiger partial charge in [0.05, 0.1) is 11.1 Å². The van der Waals surface area contributed by atoms with Gasteiger partial charge in [0.1, 0.15) is 11.5 Å². The molecule has 2 aromatic rings. The molecule has 0 heterocycles. The number of carbonyl (C=O) groups is 4. The maximum atomic E-state index is 13.2. The van der Waals surface area contributed by atoms with E-state index in [1.807, 2.05) is 12.1 Å². The molecular weight excluding hydrogens is 632 g/mol. The van der Waals surface area contributed by atoms with E-state index in [0.717, 1.165) is 81.8 Å². The largest absolute Gasteiger partial charge is 0.507 e. The van der Waals surface area contributed by atoms with Crippen molar-refractivity contribution in [3.8, 4) is 11.5 Å². The summed E-state index contributed by atoms with van der Waals surface area (Å²) in [6.07, 6.45) is 17.5. The topological polar surface area (TPSA) is 157 Å². The molecule has 50 heavy (non-hydrogen) atoms. The molecule has 2 aromatic carbocycles. The quantitative estimate of drug-likeness (QED) is 0.0482. The molecule has 0 saturated carbocycles. The van der Waals surface area contributed by atoms with E-state index in [9.17, 15) is 29.4 Å². The van der Waals surface area contributed by atoms with Crippen LogP contribution >= 0.6 is 0 Å². The molecule has 0 fully saturated rings. The predicted molar refractivity (Wildman–Crippen MR) is 198 cm³/mol. The SMILES string of the molecule is CCCCCCCc1cccc(O)c1C(=O)NNC(=O)CCCCC(CCCCC)C(=O)NNC(=O)c1c(O)cccc1CCCCCCC. The summed E-state index contributed by atoms with van der Waals surface area (Å²) < 4.78 is 0. The summed E-state index contributed by atoms with van der Waals surface area (Å²) in [4.78, 5) is 51.7. The van der Waals surface area contributed by atoms with Crippen LogP contribution < -0.4 is 21.7 Å². The molecule has 0 aliphatic rings. The first-order chi connectivity index (χ1) is 24.2. The van der Waals surface area contributed by atoms with Crippen LogP contribution in [-0.2, 0) is 22.4 Å². The molecule has 0 aromatic heterocycles. The Bertz CT molecular complexity index is 1330. The summed E-state index contributed by atoms with van der Waals surface area (Å²) >= 11 is 0. The van der Waals surface area contributed by atoms with Crippen LogP contribution in [0.5, 0.6) is 11.5 Å². The van der Waals surface area contributed by atoms with Crippen molar-refractivity contribution in [2.75, 3.05) is 0 Å². The Hall–Kier alpha value is -4.08. The molecule has 10 nitrogen and oxygen atoms in total. The lowest BCUT2D eigenvalue weighted by Crippen LogP contribution is -2.45. The maximum absolute atomic E-state index is 13.2. The van der Waals surface area contributed by atoms with E-state index in [2.05, 4.69) is 42.5 Å². The second-order valence-electron chi connectivity index (χ2n) is 13.3. The second kappa shape index (κ2) is 25.0. The van der Waals surface area contributed by atoms with Crippen LogP contribution in [0.3, 0.4) is 0 Å². The van der Waals surface area contributed by atoms with E-state index in [1.54, 1.807) is 12.1 Å². The molecule has 6 N–H and O–H groups in total. The van der Waals surface area contributed by atoms with E-state index in [0.29, 0.717) is 38.5 Å². The van der Waals surface area contributed by atoms with E-state index >= 15 is 0 Å². The van der Waals surface area contributed by atoms with Gasteiger partial charge in [0.2, 0.25) is 11.8 Å². The van der Waals surface area contributed by atoms with Crippen LogP contribution in [0.4, 0.5) is 0 Å². The van der Waals surface area contributed by atoms with E-state index in [-0.39, 0.29) is 46.8 Å². The van der Waals surface area contributed by atoms with Crippen molar-refractivity contribution in [3.63, 3.8) is 0 Å². The van der Waals surface area contributed by atoms with Gasteiger partial charge in [-0.05, 0) is 68.2 Å². The highest BCUT2D eigenvalue weighted by atomic mass is 16.3. The van der Waals surface area contributed by atoms with Crippen LogP contribution in [0.25, 0.3) is 0 Å². The normalized spacial score (nSPS) is 11.5. The van der Waals surface area contributed by atoms with E-state index < -0.39 is 11.8 Å². The van der Waals surface area contributed by atoms with Crippen LogP contribution in [0.1, 0.15) is 168 Å². The van der Waals surface area contributed by atoms with Crippen molar-refractivity contribution in [3.05, 3.63) is 58.7 Å². The predicted octanol–water partition coefficient (Wildman–Crippen LogP) is 8.10. The van der Waals surface area contributed by atoms with Crippen molar-refractivity contribution < 1.29 is 29.4 Å². The summed E-state index contributed by atoms with van der Waals surface area (Å²) in [5, 5.41) is 20.9. The van der Waals surface area contributed by atoms with Gasteiger partial charge >= 0.3 is 0 Å². The lowest BCUT2D eigenvalue weighted by Gasteiger charge is -2.18. The molecule has 0 spiro atoms. The average Bonchev–Trinajstić information content (AvgIpc) is 3.10. The number of aromatic hydroxyl groups is 2. The Labute approximate surface area is 299 Å². The minimum atomic E-state index is -0.558. The number of carbonyl (C=O) groups excluding carboxylic acids is 4. The number of phenolic OH excluding ortho intramolecular Hbond substituents is 2. The van der Waals surface area contributed by atoms with Gasteiger partial charge in [0.25, 0.3) is 11.8 Å². The Kier molecular flexibility index (Phi) is 21.0. The molecule has 0 radical (unpaired) electrons. The van der Waals surface area contributed by atoms with Crippen LogP contribution in [0.15, 0.2) is 36.4 Å². The number of benzene rings is 2. The lowest BCUT2D eigenvalue weighted by molar-refractivity contribution is -0.126. The number of aryl methyl sites for hydroxylation is 2. The number of rotatable bonds is 24. The van der Waals surface area contributed by atoms with Crippen molar-refractivity contribution in [2.24, 2.45) is 5.92 Å². The van der Waals surface area contributed by atoms with Gasteiger partial charge in [0, 0.05) is 12.3 Å². The van der Waals surface area contributed by atoms with Crippen molar-refractivity contribution in [2.45, 2.75) is 149 Å². The zero-order chi connectivity index (χ0) is 36.6. The Morgan fingerprint density at radius 1 is 0.540 bits per heavy atom. The minimum absolute atomic E-state index is 0.115. The third-order valence-corrected chi connectivity index (χ3v) is 9.16. The molecule has 2 rings (SSSR count). The summed E-state index contributed by atoms with van der Waals surface area (Å²) in [7, 11) is 0. The number of phenols is 2. The molecule has 0 bridgehead atoms. The highest BCUT2D eigenvalue weighted by Gasteiger charge is 2.22. The van der Waals surface area contributed by atoms with Gasteiger partial charge in [-0.15, -0.1) is 0 Å². The number of unbranched alkanes of at least 4 members (excludes halogenated alkanes) is 11. The first-order valence-corrected chi connectivity index (χ1v) is 19.0. The zero-order valence-electron chi connectivity index (χ0n) is 30.7. The fourth-order valence-corrected chi connectivity index (χ4v) is 6.21. The molecule has 1 unspecified atom stereocenters. The van der Waals surface area contributed by atoms with Crippen molar-refractivity contribution >= 4 is 23.6 Å². The van der Waals surface area contributed by atoms with E-state index in [4.69, 9.17) is 0 Å². The summed E-state index contributed by atoms with van der Waals surface area (Å²) in [5.74, 6) is -2.36. The third-order valence-electron chi connectivity index (χ3n) is 9.16. The fraction of sp³-hybridized carbons (Fsp3) is 0.600. The monoisotopic (exact) mass is 694 g/mol. The Morgan fingerprint density at radius 2 is 0.980 bits per heavy atom. The van der Waals surface area contributed by atoms with Gasteiger partial charge in [-0.1, -0.05) is 122 Å². The van der Waals surface area contributed by atoms with E-state index in [1.165, 1.54) is 25.0 Å². The number of amides is 4. The molecule has 278 valence electrons. The fourth-order valence-electron chi connectivity index (χ4n) is 6.21. The molecule has 10 heteroatoms. The highest BCUT2D eigenvalue weighted by Crippen LogP contribution is 2.25. The van der Waals surface area contributed by atoms with Crippen LogP contribution in [-0.4, -0.2) is 33.8 Å². The molecule has 0 aliphatic heterocycles. The average molecular weight is 695 g/mol. The summed E-state index contributed by atoms with van der Waals surface area (Å²) in [6.45, 7) is 6.41. The Morgan fingerprint density at radius 3 is 1.48 bits per heavy atom. The first-order valence-electron chi connectivity index (χ1n) is 19.0. The number of nitrogens with one attached hydrogen (secondary N) is 4. The summed E-state index contributed by atoms with van der Waals surface area (Å²) in [5.41, 5.74) is 11.9. The van der Waals surface area contributed by atoms with Crippen LogP contribution in [0.2, 0.25) is 0 Å². The minimum Gasteiger partial charge on any atom is -0.507 e.